The lowest BCUT2D eigenvalue weighted by Gasteiger charge is -2.28. The van der Waals surface area contributed by atoms with Gasteiger partial charge in [-0.15, -0.1) is 12.4 Å². The lowest BCUT2D eigenvalue weighted by Crippen LogP contribution is -2.43. The Morgan fingerprint density at radius 1 is 1.12 bits per heavy atom. The van der Waals surface area contributed by atoms with E-state index in [2.05, 4.69) is 28.0 Å². The van der Waals surface area contributed by atoms with Crippen LogP contribution in [-0.4, -0.2) is 37.8 Å². The Labute approximate surface area is 154 Å². The molecule has 2 aromatic carbocycles. The average Bonchev–Trinajstić information content (AvgIpc) is 2.96. The summed E-state index contributed by atoms with van der Waals surface area (Å²) in [5.74, 6) is 1.75. The van der Waals surface area contributed by atoms with E-state index < -0.39 is 6.10 Å². The van der Waals surface area contributed by atoms with Crippen molar-refractivity contribution < 1.29 is 9.84 Å². The lowest BCUT2D eigenvalue weighted by atomic mass is 10.1. The number of anilines is 2. The third kappa shape index (κ3) is 3.17. The second-order valence-electron chi connectivity index (χ2n) is 6.08. The molecule has 6 heteroatoms. The van der Waals surface area contributed by atoms with Gasteiger partial charge in [0, 0.05) is 13.1 Å². The third-order valence-electron chi connectivity index (χ3n) is 4.60. The van der Waals surface area contributed by atoms with E-state index in [1.165, 1.54) is 5.69 Å². The molecule has 0 spiro atoms. The van der Waals surface area contributed by atoms with Gasteiger partial charge in [-0.1, -0.05) is 24.3 Å². The molecule has 1 unspecified atom stereocenters. The normalized spacial score (nSPS) is 16.5. The number of ether oxygens (including phenoxy) is 1. The van der Waals surface area contributed by atoms with Crippen LogP contribution in [0.15, 0.2) is 53.5 Å². The number of methoxy groups -OCH3 is 1. The molecule has 0 aliphatic carbocycles. The fraction of sp³-hybridized carbons (Fsp3) is 0.316. The van der Waals surface area contributed by atoms with Crippen molar-refractivity contribution in [2.24, 2.45) is 4.99 Å². The molecule has 0 saturated heterocycles. The SMILES string of the molecule is COc1ccc(C(O)CN2C3=NCCCN3c3ccccc32)cc1.Cl. The number of guanidine groups is 1. The van der Waals surface area contributed by atoms with Crippen molar-refractivity contribution in [2.75, 3.05) is 36.5 Å². The van der Waals surface area contributed by atoms with Crippen molar-refractivity contribution in [3.63, 3.8) is 0 Å². The quantitative estimate of drug-likeness (QED) is 0.910. The second kappa shape index (κ2) is 7.33. The van der Waals surface area contributed by atoms with Crippen LogP contribution >= 0.6 is 12.4 Å². The van der Waals surface area contributed by atoms with Gasteiger partial charge in [-0.2, -0.15) is 0 Å². The van der Waals surface area contributed by atoms with Crippen molar-refractivity contribution in [3.8, 4) is 5.75 Å². The van der Waals surface area contributed by atoms with Gasteiger partial charge < -0.3 is 19.6 Å². The fourth-order valence-electron chi connectivity index (χ4n) is 3.37. The standard InChI is InChI=1S/C19H21N3O2.ClH/c1-24-15-9-7-14(8-10-15)18(23)13-22-17-6-3-2-5-16(17)21-12-4-11-20-19(21)22;/h2-3,5-10,18,23H,4,11-13H2,1H3;1H. The van der Waals surface area contributed by atoms with Gasteiger partial charge in [0.05, 0.1) is 31.1 Å². The molecule has 0 amide bonds. The molecule has 0 fully saturated rings. The van der Waals surface area contributed by atoms with Crippen molar-refractivity contribution in [1.82, 2.24) is 0 Å². The van der Waals surface area contributed by atoms with Gasteiger partial charge in [-0.05, 0) is 36.2 Å². The van der Waals surface area contributed by atoms with Crippen molar-refractivity contribution in [2.45, 2.75) is 12.5 Å². The zero-order chi connectivity index (χ0) is 16.5. The number of fused-ring (bicyclic) bond motifs is 3. The topological polar surface area (TPSA) is 48.3 Å². The number of rotatable bonds is 4. The van der Waals surface area contributed by atoms with E-state index in [-0.39, 0.29) is 12.4 Å². The summed E-state index contributed by atoms with van der Waals surface area (Å²) in [5.41, 5.74) is 3.17. The van der Waals surface area contributed by atoms with Gasteiger partial charge in [0.15, 0.2) is 0 Å². The zero-order valence-electron chi connectivity index (χ0n) is 14.1. The summed E-state index contributed by atoms with van der Waals surface area (Å²) in [6, 6.07) is 15.9. The Hall–Kier alpha value is -2.24. The van der Waals surface area contributed by atoms with E-state index >= 15 is 0 Å². The number of halogens is 1. The largest absolute Gasteiger partial charge is 0.497 e. The molecule has 0 aromatic heterocycles. The van der Waals surface area contributed by atoms with Crippen LogP contribution in [0.2, 0.25) is 0 Å². The van der Waals surface area contributed by atoms with Crippen LogP contribution in [0.5, 0.6) is 5.75 Å². The second-order valence-corrected chi connectivity index (χ2v) is 6.08. The highest BCUT2D eigenvalue weighted by atomic mass is 35.5. The first-order valence-electron chi connectivity index (χ1n) is 8.28. The molecule has 5 nitrogen and oxygen atoms in total. The number of aliphatic hydroxyl groups excluding tert-OH is 1. The molecular formula is C19H22ClN3O2. The summed E-state index contributed by atoms with van der Waals surface area (Å²) < 4.78 is 5.18. The first-order chi connectivity index (χ1) is 11.8. The Morgan fingerprint density at radius 3 is 2.56 bits per heavy atom. The molecule has 2 heterocycles. The number of aliphatic imine (C=N–C) groups is 1. The summed E-state index contributed by atoms with van der Waals surface area (Å²) in [6.45, 7) is 2.30. The molecule has 1 atom stereocenters. The van der Waals surface area contributed by atoms with E-state index in [1.807, 2.05) is 30.3 Å². The third-order valence-corrected chi connectivity index (χ3v) is 4.60. The Balaban J connectivity index is 0.00000182. The first-order valence-corrected chi connectivity index (χ1v) is 8.28. The van der Waals surface area contributed by atoms with E-state index in [0.29, 0.717) is 6.54 Å². The van der Waals surface area contributed by atoms with Gasteiger partial charge in [-0.3, -0.25) is 4.99 Å². The molecule has 2 aromatic rings. The fourth-order valence-corrected chi connectivity index (χ4v) is 3.37. The molecule has 132 valence electrons. The van der Waals surface area contributed by atoms with E-state index in [4.69, 9.17) is 9.73 Å². The zero-order valence-corrected chi connectivity index (χ0v) is 14.9. The van der Waals surface area contributed by atoms with Crippen molar-refractivity contribution in [1.29, 1.82) is 0 Å². The number of para-hydroxylation sites is 2. The minimum Gasteiger partial charge on any atom is -0.497 e. The molecule has 4 rings (SSSR count). The summed E-state index contributed by atoms with van der Waals surface area (Å²) in [7, 11) is 1.64. The van der Waals surface area contributed by atoms with Crippen LogP contribution in [0.3, 0.4) is 0 Å². The van der Waals surface area contributed by atoms with Crippen LogP contribution in [0.1, 0.15) is 18.1 Å². The average molecular weight is 360 g/mol. The van der Waals surface area contributed by atoms with Gasteiger partial charge >= 0.3 is 0 Å². The smallest absolute Gasteiger partial charge is 0.205 e. The molecule has 25 heavy (non-hydrogen) atoms. The summed E-state index contributed by atoms with van der Waals surface area (Å²) in [4.78, 5) is 9.08. The number of β-amino-alcohol motifs (C(OH)–C–C–N with tert-alkyl or cyclic N) is 1. The van der Waals surface area contributed by atoms with Crippen LogP contribution in [-0.2, 0) is 0 Å². The number of hydrogen-bond acceptors (Lipinski definition) is 5. The summed E-state index contributed by atoms with van der Waals surface area (Å²) in [5, 5.41) is 10.7. The van der Waals surface area contributed by atoms with Crippen LogP contribution in [0.4, 0.5) is 11.4 Å². The lowest BCUT2D eigenvalue weighted by molar-refractivity contribution is 0.187. The molecule has 0 bridgehead atoms. The van der Waals surface area contributed by atoms with Crippen LogP contribution < -0.4 is 14.5 Å². The Bertz CT molecular complexity index is 764. The van der Waals surface area contributed by atoms with Crippen molar-refractivity contribution in [3.05, 3.63) is 54.1 Å². The molecular weight excluding hydrogens is 338 g/mol. The molecule has 1 N–H and O–H groups in total. The maximum atomic E-state index is 10.7. The number of hydrogen-bond donors (Lipinski definition) is 1. The first kappa shape index (κ1) is 17.6. The number of benzene rings is 2. The Morgan fingerprint density at radius 2 is 1.84 bits per heavy atom. The maximum Gasteiger partial charge on any atom is 0.205 e. The van der Waals surface area contributed by atoms with Gasteiger partial charge in [-0.25, -0.2) is 0 Å². The van der Waals surface area contributed by atoms with E-state index in [1.54, 1.807) is 7.11 Å². The minimum absolute atomic E-state index is 0. The van der Waals surface area contributed by atoms with Crippen LogP contribution in [0, 0.1) is 0 Å². The number of aliphatic hydroxyl groups is 1. The van der Waals surface area contributed by atoms with Gasteiger partial charge in [0.1, 0.15) is 5.75 Å². The van der Waals surface area contributed by atoms with E-state index in [9.17, 15) is 5.11 Å². The minimum atomic E-state index is -0.589. The predicted octanol–water partition coefficient (Wildman–Crippen LogP) is 3.24. The highest BCUT2D eigenvalue weighted by molar-refractivity contribution is 6.16. The van der Waals surface area contributed by atoms with E-state index in [0.717, 1.165) is 42.5 Å². The van der Waals surface area contributed by atoms with Gasteiger partial charge in [0.2, 0.25) is 5.96 Å². The van der Waals surface area contributed by atoms with Gasteiger partial charge in [0.25, 0.3) is 0 Å². The molecule has 0 saturated carbocycles. The number of nitrogens with zero attached hydrogens (tertiary/aromatic N) is 3. The molecule has 2 aliphatic heterocycles. The molecule has 2 aliphatic rings. The predicted molar refractivity (Wildman–Crippen MR) is 103 cm³/mol. The monoisotopic (exact) mass is 359 g/mol. The highest BCUT2D eigenvalue weighted by Gasteiger charge is 2.34. The van der Waals surface area contributed by atoms with Crippen molar-refractivity contribution >= 4 is 29.7 Å². The Kier molecular flexibility index (Phi) is 5.16. The summed E-state index contributed by atoms with van der Waals surface area (Å²) in [6.07, 6.45) is 0.473. The van der Waals surface area contributed by atoms with Crippen LogP contribution in [0.25, 0.3) is 0 Å². The highest BCUT2D eigenvalue weighted by Crippen LogP contribution is 2.39. The summed E-state index contributed by atoms with van der Waals surface area (Å²) >= 11 is 0. The molecule has 0 radical (unpaired) electrons. The maximum absolute atomic E-state index is 10.7.